The predicted octanol–water partition coefficient (Wildman–Crippen LogP) is 1.78. The minimum absolute atomic E-state index is 0.0433. The highest BCUT2D eigenvalue weighted by Gasteiger charge is 2.15. The third kappa shape index (κ3) is 3.92. The summed E-state index contributed by atoms with van der Waals surface area (Å²) in [6, 6.07) is 4.59. The van der Waals surface area contributed by atoms with Gasteiger partial charge >= 0.3 is 11.8 Å². The third-order valence-corrected chi connectivity index (χ3v) is 2.78. The fourth-order valence-electron chi connectivity index (χ4n) is 1.18. The van der Waals surface area contributed by atoms with Crippen LogP contribution in [0.3, 0.4) is 0 Å². The normalized spacial score (nSPS) is 11.7. The number of hydrogen-bond donors (Lipinski definition) is 3. The van der Waals surface area contributed by atoms with Gasteiger partial charge in [0.05, 0.1) is 10.7 Å². The lowest BCUT2D eigenvalue weighted by Gasteiger charge is -2.11. The number of anilines is 2. The lowest BCUT2D eigenvalue weighted by Crippen LogP contribution is -2.40. The van der Waals surface area contributed by atoms with Gasteiger partial charge < -0.3 is 16.4 Å². The van der Waals surface area contributed by atoms with Crippen LogP contribution in [0.5, 0.6) is 0 Å². The van der Waals surface area contributed by atoms with Crippen molar-refractivity contribution < 1.29 is 9.59 Å². The Morgan fingerprint density at radius 3 is 2.61 bits per heavy atom. The summed E-state index contributed by atoms with van der Waals surface area (Å²) in [5, 5.41) is 5.34. The van der Waals surface area contributed by atoms with Crippen LogP contribution in [0.15, 0.2) is 18.2 Å². The number of nitrogens with two attached hydrogens (primary N) is 1. The number of rotatable bonds is 3. The van der Waals surface area contributed by atoms with E-state index < -0.39 is 11.8 Å². The predicted molar refractivity (Wildman–Crippen MR) is 72.4 cm³/mol. The molecule has 2 amide bonds. The van der Waals surface area contributed by atoms with E-state index in [1.807, 2.05) is 13.8 Å². The molecule has 0 aliphatic carbocycles. The van der Waals surface area contributed by atoms with Crippen molar-refractivity contribution in [1.29, 1.82) is 0 Å². The molecule has 5 nitrogen and oxygen atoms in total. The van der Waals surface area contributed by atoms with Crippen LogP contribution in [-0.4, -0.2) is 17.9 Å². The molecule has 4 N–H and O–H groups in total. The van der Waals surface area contributed by atoms with Crippen LogP contribution in [-0.2, 0) is 9.59 Å². The Labute approximate surface area is 111 Å². The van der Waals surface area contributed by atoms with Crippen molar-refractivity contribution >= 4 is 34.8 Å². The van der Waals surface area contributed by atoms with E-state index in [1.54, 1.807) is 12.1 Å². The lowest BCUT2D eigenvalue weighted by molar-refractivity contribution is -0.136. The van der Waals surface area contributed by atoms with Crippen molar-refractivity contribution in [3.8, 4) is 0 Å². The van der Waals surface area contributed by atoms with Crippen LogP contribution in [0, 0.1) is 0 Å². The molecule has 0 saturated carbocycles. The fraction of sp³-hybridized carbons (Fsp3) is 0.333. The first-order chi connectivity index (χ1) is 8.43. The Balaban J connectivity index is 2.64. The van der Waals surface area contributed by atoms with Gasteiger partial charge in [0, 0.05) is 11.7 Å². The summed E-state index contributed by atoms with van der Waals surface area (Å²) in [7, 11) is 0. The zero-order valence-electron chi connectivity index (χ0n) is 10.3. The van der Waals surface area contributed by atoms with Crippen LogP contribution in [0.4, 0.5) is 11.4 Å². The van der Waals surface area contributed by atoms with Gasteiger partial charge in [-0.2, -0.15) is 0 Å². The van der Waals surface area contributed by atoms with E-state index in [-0.39, 0.29) is 6.04 Å². The van der Waals surface area contributed by atoms with Crippen molar-refractivity contribution in [2.24, 2.45) is 0 Å². The molecular weight excluding hydrogens is 254 g/mol. The Hall–Kier alpha value is -1.75. The summed E-state index contributed by atoms with van der Waals surface area (Å²) in [6.45, 7) is 3.74. The molecule has 1 atom stereocenters. The van der Waals surface area contributed by atoms with E-state index in [1.165, 1.54) is 6.07 Å². The molecule has 98 valence electrons. The molecule has 1 unspecified atom stereocenters. The summed E-state index contributed by atoms with van der Waals surface area (Å²) in [5.74, 6) is -1.39. The van der Waals surface area contributed by atoms with Crippen molar-refractivity contribution in [2.75, 3.05) is 11.1 Å². The molecule has 1 aromatic carbocycles. The second kappa shape index (κ2) is 6.26. The molecule has 0 aliphatic heterocycles. The molecule has 0 spiro atoms. The SMILES string of the molecule is CCC(C)NC(=O)C(=O)Nc1ccc(N)c(Cl)c1. The number of carbonyl (C=O) groups is 2. The van der Waals surface area contributed by atoms with Crippen LogP contribution in [0.1, 0.15) is 20.3 Å². The Kier molecular flexibility index (Phi) is 4.97. The van der Waals surface area contributed by atoms with Crippen molar-refractivity contribution in [3.05, 3.63) is 23.2 Å². The number of nitrogen functional groups attached to an aromatic ring is 1. The number of nitrogens with one attached hydrogen (secondary N) is 2. The highest BCUT2D eigenvalue weighted by molar-refractivity contribution is 6.40. The van der Waals surface area contributed by atoms with Crippen LogP contribution in [0.25, 0.3) is 0 Å². The average molecular weight is 270 g/mol. The monoisotopic (exact) mass is 269 g/mol. The summed E-state index contributed by atoms with van der Waals surface area (Å²) in [6.07, 6.45) is 0.757. The van der Waals surface area contributed by atoms with Crippen LogP contribution in [0.2, 0.25) is 5.02 Å². The molecule has 0 saturated heterocycles. The van der Waals surface area contributed by atoms with Crippen molar-refractivity contribution in [2.45, 2.75) is 26.3 Å². The zero-order chi connectivity index (χ0) is 13.7. The number of benzene rings is 1. The van der Waals surface area contributed by atoms with Gasteiger partial charge in [0.2, 0.25) is 0 Å². The summed E-state index contributed by atoms with van der Waals surface area (Å²) < 4.78 is 0. The first kappa shape index (κ1) is 14.3. The molecule has 0 heterocycles. The largest absolute Gasteiger partial charge is 0.398 e. The maximum Gasteiger partial charge on any atom is 0.313 e. The smallest absolute Gasteiger partial charge is 0.313 e. The minimum atomic E-state index is -0.726. The molecule has 1 aromatic rings. The highest BCUT2D eigenvalue weighted by atomic mass is 35.5. The Morgan fingerprint density at radius 2 is 2.06 bits per heavy atom. The molecule has 1 rings (SSSR count). The second-order valence-corrected chi connectivity index (χ2v) is 4.38. The molecular formula is C12H16ClN3O2. The van der Waals surface area contributed by atoms with Gasteiger partial charge in [-0.3, -0.25) is 9.59 Å². The zero-order valence-corrected chi connectivity index (χ0v) is 11.0. The van der Waals surface area contributed by atoms with E-state index in [0.29, 0.717) is 16.4 Å². The first-order valence-electron chi connectivity index (χ1n) is 5.61. The first-order valence-corrected chi connectivity index (χ1v) is 5.98. The van der Waals surface area contributed by atoms with E-state index >= 15 is 0 Å². The maximum absolute atomic E-state index is 11.6. The van der Waals surface area contributed by atoms with Crippen LogP contribution >= 0.6 is 11.6 Å². The van der Waals surface area contributed by atoms with Crippen LogP contribution < -0.4 is 16.4 Å². The van der Waals surface area contributed by atoms with Crippen molar-refractivity contribution in [1.82, 2.24) is 5.32 Å². The van der Waals surface area contributed by atoms with Gasteiger partial charge in [-0.05, 0) is 31.5 Å². The summed E-state index contributed by atoms with van der Waals surface area (Å²) in [4.78, 5) is 23.1. The van der Waals surface area contributed by atoms with Gasteiger partial charge in [0.25, 0.3) is 0 Å². The second-order valence-electron chi connectivity index (χ2n) is 3.97. The van der Waals surface area contributed by atoms with E-state index in [4.69, 9.17) is 17.3 Å². The van der Waals surface area contributed by atoms with Gasteiger partial charge in [0.1, 0.15) is 0 Å². The van der Waals surface area contributed by atoms with Gasteiger partial charge in [-0.25, -0.2) is 0 Å². The fourth-order valence-corrected chi connectivity index (χ4v) is 1.36. The number of hydrogen-bond acceptors (Lipinski definition) is 3. The average Bonchev–Trinajstić information content (AvgIpc) is 2.33. The van der Waals surface area contributed by atoms with Gasteiger partial charge in [0.15, 0.2) is 0 Å². The number of carbonyl (C=O) groups excluding carboxylic acids is 2. The topological polar surface area (TPSA) is 84.2 Å². The maximum atomic E-state index is 11.6. The third-order valence-electron chi connectivity index (χ3n) is 2.45. The molecule has 0 fully saturated rings. The minimum Gasteiger partial charge on any atom is -0.398 e. The van der Waals surface area contributed by atoms with E-state index in [9.17, 15) is 9.59 Å². The Bertz CT molecular complexity index is 463. The van der Waals surface area contributed by atoms with E-state index in [0.717, 1.165) is 6.42 Å². The van der Waals surface area contributed by atoms with Gasteiger partial charge in [-0.15, -0.1) is 0 Å². The van der Waals surface area contributed by atoms with Crippen molar-refractivity contribution in [3.63, 3.8) is 0 Å². The highest BCUT2D eigenvalue weighted by Crippen LogP contribution is 2.22. The molecule has 0 aromatic heterocycles. The Morgan fingerprint density at radius 1 is 1.39 bits per heavy atom. The number of amides is 2. The molecule has 6 heteroatoms. The molecule has 0 bridgehead atoms. The van der Waals surface area contributed by atoms with E-state index in [2.05, 4.69) is 10.6 Å². The molecule has 0 aliphatic rings. The molecule has 18 heavy (non-hydrogen) atoms. The molecule has 0 radical (unpaired) electrons. The summed E-state index contributed by atoms with van der Waals surface area (Å²) in [5.41, 5.74) is 6.38. The standard InChI is InChI=1S/C12H16ClN3O2/c1-3-7(2)15-11(17)12(18)16-8-4-5-10(14)9(13)6-8/h4-7H,3,14H2,1-2H3,(H,15,17)(H,16,18). The summed E-state index contributed by atoms with van der Waals surface area (Å²) >= 11 is 5.81. The van der Waals surface area contributed by atoms with Gasteiger partial charge in [-0.1, -0.05) is 18.5 Å². The number of halogens is 1. The lowest BCUT2D eigenvalue weighted by atomic mass is 10.2. The quantitative estimate of drug-likeness (QED) is 0.578.